The summed E-state index contributed by atoms with van der Waals surface area (Å²) in [5, 5.41) is 1.88. The van der Waals surface area contributed by atoms with Crippen molar-refractivity contribution in [3.63, 3.8) is 0 Å². The van der Waals surface area contributed by atoms with Gasteiger partial charge in [-0.25, -0.2) is 9.98 Å². The summed E-state index contributed by atoms with van der Waals surface area (Å²) in [6.45, 7) is 0. The summed E-state index contributed by atoms with van der Waals surface area (Å²) in [6, 6.07) is 19.9. The van der Waals surface area contributed by atoms with Crippen molar-refractivity contribution in [3.8, 4) is 0 Å². The second-order valence-corrected chi connectivity index (χ2v) is 8.13. The SMILES string of the molecule is Nc1ccc(Cl)cc1N=C1CC(=Nc2ccc(Cl)cc2)C=CC1=Nc1ccc(Cl)cc1. The second-order valence-electron chi connectivity index (χ2n) is 6.82. The van der Waals surface area contributed by atoms with E-state index in [9.17, 15) is 0 Å². The number of halogens is 3. The summed E-state index contributed by atoms with van der Waals surface area (Å²) in [6.07, 6.45) is 4.31. The molecular weight excluding hydrogens is 451 g/mol. The number of benzene rings is 3. The van der Waals surface area contributed by atoms with Gasteiger partial charge >= 0.3 is 0 Å². The summed E-state index contributed by atoms with van der Waals surface area (Å²) in [5.74, 6) is 0. The van der Waals surface area contributed by atoms with Crippen LogP contribution < -0.4 is 5.73 Å². The standard InChI is InChI=1S/C24H17Cl3N4/c25-15-1-6-18(7-2-15)29-20-10-12-22(30-19-8-3-16(26)4-9-19)24(14-20)31-23-13-17(27)5-11-21(23)28/h1-13H,14,28H2. The molecule has 4 nitrogen and oxygen atoms in total. The van der Waals surface area contributed by atoms with Crippen molar-refractivity contribution in [3.05, 3.63) is 93.9 Å². The molecule has 1 aliphatic rings. The van der Waals surface area contributed by atoms with Gasteiger partial charge in [0.25, 0.3) is 0 Å². The molecule has 0 unspecified atom stereocenters. The van der Waals surface area contributed by atoms with Gasteiger partial charge in [0.05, 0.1) is 34.2 Å². The molecule has 0 radical (unpaired) electrons. The molecule has 0 fully saturated rings. The predicted octanol–water partition coefficient (Wildman–Crippen LogP) is 7.81. The van der Waals surface area contributed by atoms with Crippen LogP contribution in [0, 0.1) is 0 Å². The lowest BCUT2D eigenvalue weighted by Crippen LogP contribution is -2.20. The monoisotopic (exact) mass is 466 g/mol. The third-order valence-corrected chi connectivity index (χ3v) is 5.24. The minimum Gasteiger partial charge on any atom is -0.397 e. The first-order chi connectivity index (χ1) is 15.0. The lowest BCUT2D eigenvalue weighted by atomic mass is 10.0. The molecule has 154 valence electrons. The van der Waals surface area contributed by atoms with Crippen molar-refractivity contribution >= 4 is 74.7 Å². The first-order valence-corrected chi connectivity index (χ1v) is 10.6. The zero-order valence-corrected chi connectivity index (χ0v) is 18.5. The Bertz CT molecular complexity index is 1220. The minimum atomic E-state index is 0.484. The second kappa shape index (κ2) is 9.48. The molecule has 0 atom stereocenters. The molecule has 0 aliphatic heterocycles. The summed E-state index contributed by atoms with van der Waals surface area (Å²) < 4.78 is 0. The van der Waals surface area contributed by atoms with E-state index in [1.54, 1.807) is 30.3 Å². The number of aliphatic imine (C=N–C) groups is 3. The van der Waals surface area contributed by atoms with Crippen LogP contribution in [-0.2, 0) is 0 Å². The van der Waals surface area contributed by atoms with Gasteiger partial charge in [-0.1, -0.05) is 34.8 Å². The highest BCUT2D eigenvalue weighted by molar-refractivity contribution is 6.52. The number of nitrogens with zero attached hydrogens (tertiary/aromatic N) is 3. The van der Waals surface area contributed by atoms with Gasteiger partial charge in [-0.2, -0.15) is 0 Å². The predicted molar refractivity (Wildman–Crippen MR) is 134 cm³/mol. The first kappa shape index (κ1) is 21.3. The van der Waals surface area contributed by atoms with Crippen molar-refractivity contribution in [1.82, 2.24) is 0 Å². The fourth-order valence-corrected chi connectivity index (χ4v) is 3.38. The van der Waals surface area contributed by atoms with E-state index in [0.717, 1.165) is 28.5 Å². The van der Waals surface area contributed by atoms with E-state index < -0.39 is 0 Å². The highest BCUT2D eigenvalue weighted by atomic mass is 35.5. The normalized spacial score (nSPS) is 17.6. The average Bonchev–Trinajstić information content (AvgIpc) is 2.76. The molecule has 7 heteroatoms. The van der Waals surface area contributed by atoms with E-state index in [2.05, 4.69) is 0 Å². The van der Waals surface area contributed by atoms with Gasteiger partial charge < -0.3 is 5.73 Å². The van der Waals surface area contributed by atoms with Crippen LogP contribution in [0.25, 0.3) is 0 Å². The van der Waals surface area contributed by atoms with Gasteiger partial charge in [0.1, 0.15) is 0 Å². The third-order valence-electron chi connectivity index (χ3n) is 4.50. The molecule has 1 aliphatic carbocycles. The van der Waals surface area contributed by atoms with E-state index in [4.69, 9.17) is 55.5 Å². The van der Waals surface area contributed by atoms with Gasteiger partial charge in [-0.15, -0.1) is 0 Å². The Morgan fingerprint density at radius 2 is 1.23 bits per heavy atom. The molecule has 0 spiro atoms. The Morgan fingerprint density at radius 3 is 1.87 bits per heavy atom. The van der Waals surface area contributed by atoms with Gasteiger partial charge in [-0.05, 0) is 78.9 Å². The molecule has 0 bridgehead atoms. The van der Waals surface area contributed by atoms with Crippen molar-refractivity contribution in [2.45, 2.75) is 6.42 Å². The Kier molecular flexibility index (Phi) is 6.52. The first-order valence-electron chi connectivity index (χ1n) is 9.45. The summed E-state index contributed by atoms with van der Waals surface area (Å²) in [7, 11) is 0. The largest absolute Gasteiger partial charge is 0.397 e. The molecule has 31 heavy (non-hydrogen) atoms. The van der Waals surface area contributed by atoms with Crippen molar-refractivity contribution in [2.24, 2.45) is 15.0 Å². The molecule has 3 aromatic carbocycles. The number of allylic oxidation sites excluding steroid dienone is 2. The summed E-state index contributed by atoms with van der Waals surface area (Å²) in [5.41, 5.74) is 11.1. The van der Waals surface area contributed by atoms with Crippen molar-refractivity contribution < 1.29 is 0 Å². The number of anilines is 1. The molecule has 0 saturated heterocycles. The Balaban J connectivity index is 1.76. The maximum atomic E-state index is 6.15. The number of nitrogen functional groups attached to an aromatic ring is 1. The Morgan fingerprint density at radius 1 is 0.645 bits per heavy atom. The minimum absolute atomic E-state index is 0.484. The topological polar surface area (TPSA) is 63.1 Å². The smallest absolute Gasteiger partial charge is 0.0878 e. The van der Waals surface area contributed by atoms with Crippen molar-refractivity contribution in [2.75, 3.05) is 5.73 Å². The van der Waals surface area contributed by atoms with Crippen LogP contribution >= 0.6 is 34.8 Å². The van der Waals surface area contributed by atoms with Crippen LogP contribution in [0.5, 0.6) is 0 Å². The molecule has 0 amide bonds. The van der Waals surface area contributed by atoms with Crippen LogP contribution in [0.15, 0.2) is 93.9 Å². The molecule has 0 aromatic heterocycles. The zero-order valence-electron chi connectivity index (χ0n) is 16.3. The summed E-state index contributed by atoms with van der Waals surface area (Å²) in [4.78, 5) is 14.2. The van der Waals surface area contributed by atoms with E-state index in [1.165, 1.54) is 0 Å². The molecule has 0 heterocycles. The lowest BCUT2D eigenvalue weighted by molar-refractivity contribution is 1.41. The number of hydrogen-bond acceptors (Lipinski definition) is 4. The van der Waals surface area contributed by atoms with Gasteiger partial charge in [0, 0.05) is 27.2 Å². The van der Waals surface area contributed by atoms with Crippen LogP contribution in [0.4, 0.5) is 22.7 Å². The van der Waals surface area contributed by atoms with Gasteiger partial charge in [0.15, 0.2) is 0 Å². The number of rotatable bonds is 3. The van der Waals surface area contributed by atoms with E-state index >= 15 is 0 Å². The number of nitrogens with two attached hydrogens (primary N) is 1. The van der Waals surface area contributed by atoms with Crippen LogP contribution in [0.3, 0.4) is 0 Å². The van der Waals surface area contributed by atoms with E-state index in [-0.39, 0.29) is 0 Å². The molecule has 4 rings (SSSR count). The van der Waals surface area contributed by atoms with Crippen molar-refractivity contribution in [1.29, 1.82) is 0 Å². The lowest BCUT2D eigenvalue weighted by Gasteiger charge is -2.14. The van der Waals surface area contributed by atoms with E-state index in [1.807, 2.05) is 48.6 Å². The Labute approximate surface area is 195 Å². The fourth-order valence-electron chi connectivity index (χ4n) is 2.96. The number of hydrogen-bond donors (Lipinski definition) is 1. The highest BCUT2D eigenvalue weighted by Gasteiger charge is 2.16. The fraction of sp³-hybridized carbons (Fsp3) is 0.0417. The molecule has 3 aromatic rings. The molecular formula is C24H17Cl3N4. The zero-order chi connectivity index (χ0) is 21.8. The van der Waals surface area contributed by atoms with E-state index in [0.29, 0.717) is 32.9 Å². The maximum Gasteiger partial charge on any atom is 0.0878 e. The maximum absolute atomic E-state index is 6.15. The molecule has 0 saturated carbocycles. The van der Waals surface area contributed by atoms with Crippen LogP contribution in [0.2, 0.25) is 15.1 Å². The Hall–Kier alpha value is -2.92. The van der Waals surface area contributed by atoms with Crippen LogP contribution in [-0.4, -0.2) is 17.1 Å². The highest BCUT2D eigenvalue weighted by Crippen LogP contribution is 2.28. The van der Waals surface area contributed by atoms with Gasteiger partial charge in [-0.3, -0.25) is 4.99 Å². The molecule has 2 N–H and O–H groups in total. The van der Waals surface area contributed by atoms with Gasteiger partial charge in [0.2, 0.25) is 0 Å². The third kappa shape index (κ3) is 5.61. The summed E-state index contributed by atoms with van der Waals surface area (Å²) >= 11 is 18.1. The quantitative estimate of drug-likeness (QED) is 0.392. The average molecular weight is 468 g/mol. The van der Waals surface area contributed by atoms with Crippen LogP contribution in [0.1, 0.15) is 6.42 Å².